The van der Waals surface area contributed by atoms with Crippen LogP contribution in [0.4, 0.5) is 0 Å². The highest BCUT2D eigenvalue weighted by molar-refractivity contribution is 7.16. The normalized spacial score (nSPS) is 15.5. The van der Waals surface area contributed by atoms with Gasteiger partial charge in [-0.1, -0.05) is 0 Å². The van der Waals surface area contributed by atoms with Crippen molar-refractivity contribution in [2.75, 3.05) is 33.1 Å². The molecule has 50 valence electrons. The zero-order valence-corrected chi connectivity index (χ0v) is 6.25. The molecule has 0 aromatic carbocycles. The van der Waals surface area contributed by atoms with Gasteiger partial charge in [0.2, 0.25) is 0 Å². The Balaban J connectivity index is 2.75. The fraction of sp³-hybridized carbons (Fsp3) is 1.00. The molecule has 0 aromatic rings. The van der Waals surface area contributed by atoms with Crippen LogP contribution in [-0.4, -0.2) is 33.1 Å². The van der Waals surface area contributed by atoms with Crippen LogP contribution in [0.5, 0.6) is 0 Å². The molecule has 0 rings (SSSR count). The van der Waals surface area contributed by atoms with Crippen molar-refractivity contribution >= 4 is 9.24 Å². The van der Waals surface area contributed by atoms with Crippen molar-refractivity contribution in [3.8, 4) is 0 Å². The van der Waals surface area contributed by atoms with Gasteiger partial charge in [0.15, 0.2) is 0 Å². The first-order chi connectivity index (χ1) is 4.27. The van der Waals surface area contributed by atoms with Crippen molar-refractivity contribution in [2.24, 2.45) is 0 Å². The van der Waals surface area contributed by atoms with Crippen molar-refractivity contribution in [1.82, 2.24) is 0 Å². The van der Waals surface area contributed by atoms with Gasteiger partial charge < -0.3 is 9.47 Å². The van der Waals surface area contributed by atoms with Gasteiger partial charge in [-0.2, -0.15) is 0 Å². The Labute approximate surface area is 54.2 Å². The summed E-state index contributed by atoms with van der Waals surface area (Å²) >= 11 is 0. The van der Waals surface area contributed by atoms with E-state index in [1.807, 2.05) is 0 Å². The van der Waals surface area contributed by atoms with E-state index >= 15 is 0 Å². The van der Waals surface area contributed by atoms with Gasteiger partial charge in [-0.25, -0.2) is 0 Å². The zero-order valence-electron chi connectivity index (χ0n) is 6.09. The number of hydrogen-bond donors (Lipinski definition) is 0. The lowest BCUT2D eigenvalue weighted by Crippen LogP contribution is -2.02. The van der Waals surface area contributed by atoms with Crippen LogP contribution in [0.3, 0.4) is 0 Å². The predicted molar refractivity (Wildman–Crippen MR) is 37.3 cm³/mol. The summed E-state index contributed by atoms with van der Waals surface area (Å²) in [7, 11) is 3.97. The largest absolute Gasteiger partial charge is 0.382 e. The van der Waals surface area contributed by atoms with Crippen molar-refractivity contribution in [1.29, 1.82) is 0 Å². The van der Waals surface area contributed by atoms with Gasteiger partial charge in [0.25, 0.3) is 0 Å². The van der Waals surface area contributed by atoms with E-state index in [4.69, 9.17) is 10.8 Å². The molecule has 2 atom stereocenters. The highest BCUT2D eigenvalue weighted by Crippen LogP contribution is 1.81. The first-order valence-electron chi connectivity index (χ1n) is 3.09. The fourth-order valence-corrected chi connectivity index (χ4v) is 0.430. The van der Waals surface area contributed by atoms with Crippen LogP contribution in [0.1, 0.15) is 1.37 Å². The maximum atomic E-state index is 7.01. The summed E-state index contributed by atoms with van der Waals surface area (Å²) in [4.78, 5) is 0. The fourth-order valence-electron chi connectivity index (χ4n) is 0.294. The Morgan fingerprint density at radius 2 is 2.25 bits per heavy atom. The number of ether oxygens (including phenoxy) is 2. The summed E-state index contributed by atoms with van der Waals surface area (Å²) in [5, 5.41) is 0. The van der Waals surface area contributed by atoms with E-state index in [1.165, 1.54) is 0 Å². The second-order valence-electron chi connectivity index (χ2n) is 1.30. The van der Waals surface area contributed by atoms with E-state index in [9.17, 15) is 0 Å². The van der Waals surface area contributed by atoms with Crippen LogP contribution < -0.4 is 0 Å². The van der Waals surface area contributed by atoms with Crippen LogP contribution in [0.25, 0.3) is 0 Å². The minimum atomic E-state index is -0.207. The van der Waals surface area contributed by atoms with Gasteiger partial charge >= 0.3 is 0 Å². The minimum Gasteiger partial charge on any atom is -0.382 e. The molecule has 0 N–H and O–H groups in total. The molecule has 0 saturated heterocycles. The third-order valence-corrected chi connectivity index (χ3v) is 0.838. The van der Waals surface area contributed by atoms with Crippen LogP contribution >= 0.6 is 9.24 Å². The molecule has 0 spiro atoms. The third-order valence-electron chi connectivity index (χ3n) is 0.646. The van der Waals surface area contributed by atoms with Gasteiger partial charge in [0.1, 0.15) is 0 Å². The molecule has 0 fully saturated rings. The SMILES string of the molecule is [2H]C(P)COCCOC. The Hall–Kier alpha value is 0.350. The Morgan fingerprint density at radius 3 is 2.75 bits per heavy atom. The summed E-state index contributed by atoms with van der Waals surface area (Å²) in [5.41, 5.74) is 0. The van der Waals surface area contributed by atoms with Crippen LogP contribution in [-0.2, 0) is 9.47 Å². The molecule has 0 saturated carbocycles. The number of methoxy groups -OCH3 is 1. The quantitative estimate of drug-likeness (QED) is 0.406. The maximum Gasteiger partial charge on any atom is 0.0700 e. The average molecular weight is 137 g/mol. The van der Waals surface area contributed by atoms with Gasteiger partial charge in [0.05, 0.1) is 19.8 Å². The monoisotopic (exact) mass is 137 g/mol. The molecule has 0 bridgehead atoms. The van der Waals surface area contributed by atoms with Crippen LogP contribution in [0.2, 0.25) is 0 Å². The highest BCUT2D eigenvalue weighted by atomic mass is 31.0. The van der Waals surface area contributed by atoms with E-state index in [0.29, 0.717) is 19.8 Å². The summed E-state index contributed by atoms with van der Waals surface area (Å²) in [6.45, 7) is 1.66. The average Bonchev–Trinajstić information content (AvgIpc) is 1.80. The molecular formula is C5H13O2P. The molecule has 2 unspecified atom stereocenters. The lowest BCUT2D eigenvalue weighted by atomic mass is 10.7. The van der Waals surface area contributed by atoms with E-state index in [2.05, 4.69) is 9.24 Å². The molecule has 0 amide bonds. The summed E-state index contributed by atoms with van der Waals surface area (Å²) in [6, 6.07) is 0. The lowest BCUT2D eigenvalue weighted by Gasteiger charge is -1.98. The third kappa shape index (κ3) is 6.35. The molecule has 0 aliphatic rings. The van der Waals surface area contributed by atoms with Gasteiger partial charge in [-0.15, -0.1) is 9.24 Å². The topological polar surface area (TPSA) is 18.5 Å². The Morgan fingerprint density at radius 1 is 1.50 bits per heavy atom. The van der Waals surface area contributed by atoms with Crippen molar-refractivity contribution < 1.29 is 10.8 Å². The first kappa shape index (κ1) is 6.47. The zero-order chi connectivity index (χ0) is 7.11. The van der Waals surface area contributed by atoms with Crippen molar-refractivity contribution in [2.45, 2.75) is 0 Å². The second kappa shape index (κ2) is 7.35. The van der Waals surface area contributed by atoms with Gasteiger partial charge in [-0.3, -0.25) is 0 Å². The molecule has 0 aromatic heterocycles. The molecule has 2 nitrogen and oxygen atoms in total. The molecule has 0 aliphatic heterocycles. The van der Waals surface area contributed by atoms with E-state index in [0.717, 1.165) is 0 Å². The Bertz CT molecular complexity index is 60.9. The smallest absolute Gasteiger partial charge is 0.0700 e. The maximum absolute atomic E-state index is 7.01. The molecule has 0 heterocycles. The number of rotatable bonds is 5. The second-order valence-corrected chi connectivity index (χ2v) is 1.77. The molecule has 3 heteroatoms. The summed E-state index contributed by atoms with van der Waals surface area (Å²) in [5.74, 6) is 0. The van der Waals surface area contributed by atoms with E-state index in [1.54, 1.807) is 7.11 Å². The highest BCUT2D eigenvalue weighted by Gasteiger charge is 1.81. The summed E-state index contributed by atoms with van der Waals surface area (Å²) in [6.07, 6.45) is -0.207. The lowest BCUT2D eigenvalue weighted by molar-refractivity contribution is 0.0789. The van der Waals surface area contributed by atoms with Crippen LogP contribution in [0.15, 0.2) is 0 Å². The molecular weight excluding hydrogens is 123 g/mol. The van der Waals surface area contributed by atoms with E-state index < -0.39 is 0 Å². The van der Waals surface area contributed by atoms with Crippen LogP contribution in [0, 0.1) is 0 Å². The van der Waals surface area contributed by atoms with Crippen molar-refractivity contribution in [3.63, 3.8) is 0 Å². The molecule has 8 heavy (non-hydrogen) atoms. The Kier molecular flexibility index (Phi) is 5.94. The number of hydrogen-bond acceptors (Lipinski definition) is 2. The van der Waals surface area contributed by atoms with Gasteiger partial charge in [0, 0.05) is 8.48 Å². The molecule has 0 aliphatic carbocycles. The summed E-state index contributed by atoms with van der Waals surface area (Å²) < 4.78 is 16.7. The predicted octanol–water partition coefficient (Wildman–Crippen LogP) is 0.524. The van der Waals surface area contributed by atoms with Gasteiger partial charge in [-0.05, 0) is 6.14 Å². The van der Waals surface area contributed by atoms with Crippen molar-refractivity contribution in [3.05, 3.63) is 0 Å². The molecule has 0 radical (unpaired) electrons. The first-order valence-corrected chi connectivity index (χ1v) is 3.18. The van der Waals surface area contributed by atoms with E-state index in [-0.39, 0.29) is 6.14 Å². The minimum absolute atomic E-state index is 0.207. The standard InChI is InChI=1S/C5H13O2P/c1-6-2-3-7-4-5-8/h2-5,8H2,1H3/i5D.